The van der Waals surface area contributed by atoms with Crippen molar-refractivity contribution in [3.63, 3.8) is 0 Å². The lowest BCUT2D eigenvalue weighted by molar-refractivity contribution is -0.113. The standard InChI is InChI=1S/C26H24FN5OS/c27-20-8-10-21(11-9-20)31-12-14-32(15-13-31)24-16-26(29-18-28-24)34-17-25(33)30-23-7-3-5-19-4-1-2-6-22(19)23/h1-11,16,18H,12-15,17H2,(H,30,33). The van der Waals surface area contributed by atoms with Crippen LogP contribution in [0.2, 0.25) is 0 Å². The molecule has 8 heteroatoms. The number of nitrogens with zero attached hydrogens (tertiary/aromatic N) is 4. The second-order valence-corrected chi connectivity index (χ2v) is 9.02. The lowest BCUT2D eigenvalue weighted by Crippen LogP contribution is -2.46. The van der Waals surface area contributed by atoms with Crippen molar-refractivity contribution in [1.29, 1.82) is 0 Å². The number of carbonyl (C=O) groups excluding carboxylic acids is 1. The first-order valence-corrected chi connectivity index (χ1v) is 12.1. The number of benzene rings is 3. The van der Waals surface area contributed by atoms with Gasteiger partial charge in [-0.05, 0) is 35.7 Å². The third kappa shape index (κ3) is 5.12. The number of anilines is 3. The van der Waals surface area contributed by atoms with Crippen LogP contribution in [0.4, 0.5) is 21.6 Å². The Hall–Kier alpha value is -3.65. The molecule has 1 aromatic heterocycles. The zero-order valence-electron chi connectivity index (χ0n) is 18.5. The molecule has 1 aliphatic heterocycles. The SMILES string of the molecule is O=C(CSc1cc(N2CCN(c3ccc(F)cc3)CC2)ncn1)Nc1cccc2ccccc12. The van der Waals surface area contributed by atoms with Gasteiger partial charge in [0.25, 0.3) is 0 Å². The molecule has 1 saturated heterocycles. The van der Waals surface area contributed by atoms with Crippen molar-refractivity contribution in [2.75, 3.05) is 47.0 Å². The summed E-state index contributed by atoms with van der Waals surface area (Å²) in [6.07, 6.45) is 1.55. The number of thioether (sulfide) groups is 1. The number of amides is 1. The second kappa shape index (κ2) is 10.1. The van der Waals surface area contributed by atoms with Gasteiger partial charge in [0.15, 0.2) is 0 Å². The molecule has 2 heterocycles. The van der Waals surface area contributed by atoms with Gasteiger partial charge in [-0.25, -0.2) is 14.4 Å². The highest BCUT2D eigenvalue weighted by Gasteiger charge is 2.19. The van der Waals surface area contributed by atoms with E-state index < -0.39 is 0 Å². The number of fused-ring (bicyclic) bond motifs is 1. The van der Waals surface area contributed by atoms with Gasteiger partial charge in [-0.15, -0.1) is 0 Å². The van der Waals surface area contributed by atoms with Crippen molar-refractivity contribution in [2.24, 2.45) is 0 Å². The van der Waals surface area contributed by atoms with Crippen molar-refractivity contribution in [3.8, 4) is 0 Å². The van der Waals surface area contributed by atoms with Gasteiger partial charge in [0.2, 0.25) is 5.91 Å². The third-order valence-electron chi connectivity index (χ3n) is 5.84. The monoisotopic (exact) mass is 473 g/mol. The first-order valence-electron chi connectivity index (χ1n) is 11.1. The molecule has 0 spiro atoms. The van der Waals surface area contributed by atoms with Crippen LogP contribution in [-0.2, 0) is 4.79 Å². The maximum Gasteiger partial charge on any atom is 0.234 e. The van der Waals surface area contributed by atoms with Gasteiger partial charge in [-0.2, -0.15) is 0 Å². The molecule has 0 bridgehead atoms. The molecule has 1 amide bonds. The second-order valence-electron chi connectivity index (χ2n) is 8.03. The number of aromatic nitrogens is 2. The van der Waals surface area contributed by atoms with Crippen LogP contribution >= 0.6 is 11.8 Å². The summed E-state index contributed by atoms with van der Waals surface area (Å²) in [5.74, 6) is 0.817. The molecular weight excluding hydrogens is 449 g/mol. The van der Waals surface area contributed by atoms with Gasteiger partial charge < -0.3 is 15.1 Å². The van der Waals surface area contributed by atoms with Gasteiger partial charge in [0.05, 0.1) is 5.75 Å². The molecule has 6 nitrogen and oxygen atoms in total. The molecule has 0 unspecified atom stereocenters. The number of hydrogen-bond donors (Lipinski definition) is 1. The maximum atomic E-state index is 13.2. The van der Waals surface area contributed by atoms with E-state index >= 15 is 0 Å². The van der Waals surface area contributed by atoms with Gasteiger partial charge in [-0.3, -0.25) is 4.79 Å². The summed E-state index contributed by atoms with van der Waals surface area (Å²) < 4.78 is 13.2. The lowest BCUT2D eigenvalue weighted by Gasteiger charge is -2.36. The van der Waals surface area contributed by atoms with Crippen LogP contribution < -0.4 is 15.1 Å². The van der Waals surface area contributed by atoms with E-state index in [0.29, 0.717) is 0 Å². The fraction of sp³-hybridized carbons (Fsp3) is 0.192. The van der Waals surface area contributed by atoms with Crippen molar-refractivity contribution >= 4 is 45.6 Å². The summed E-state index contributed by atoms with van der Waals surface area (Å²) in [5, 5.41) is 5.89. The normalized spacial score (nSPS) is 13.8. The van der Waals surface area contributed by atoms with Gasteiger partial charge in [0.1, 0.15) is 23.0 Å². The third-order valence-corrected chi connectivity index (χ3v) is 6.76. The zero-order valence-corrected chi connectivity index (χ0v) is 19.3. The van der Waals surface area contributed by atoms with E-state index in [1.54, 1.807) is 6.33 Å². The minimum Gasteiger partial charge on any atom is -0.368 e. The summed E-state index contributed by atoms with van der Waals surface area (Å²) in [4.78, 5) is 25.8. The predicted molar refractivity (Wildman–Crippen MR) is 136 cm³/mol. The van der Waals surface area contributed by atoms with E-state index in [-0.39, 0.29) is 17.5 Å². The zero-order chi connectivity index (χ0) is 23.3. The average Bonchev–Trinajstić information content (AvgIpc) is 2.88. The molecule has 5 rings (SSSR count). The Morgan fingerprint density at radius 3 is 2.47 bits per heavy atom. The van der Waals surface area contributed by atoms with Crippen LogP contribution in [0.15, 0.2) is 84.1 Å². The summed E-state index contributed by atoms with van der Waals surface area (Å²) in [6, 6.07) is 22.4. The molecular formula is C26H24FN5OS. The first-order chi connectivity index (χ1) is 16.7. The molecule has 0 atom stereocenters. The van der Waals surface area contributed by atoms with E-state index in [4.69, 9.17) is 0 Å². The Morgan fingerprint density at radius 1 is 0.912 bits per heavy atom. The number of nitrogens with one attached hydrogen (secondary N) is 1. The van der Waals surface area contributed by atoms with E-state index in [2.05, 4.69) is 25.1 Å². The molecule has 4 aromatic rings. The smallest absolute Gasteiger partial charge is 0.234 e. The minimum atomic E-state index is -0.223. The molecule has 0 saturated carbocycles. The lowest BCUT2D eigenvalue weighted by atomic mass is 10.1. The van der Waals surface area contributed by atoms with Crippen molar-refractivity contribution in [1.82, 2.24) is 9.97 Å². The van der Waals surface area contributed by atoms with Crippen molar-refractivity contribution in [3.05, 3.63) is 84.9 Å². The highest BCUT2D eigenvalue weighted by Crippen LogP contribution is 2.25. The van der Waals surface area contributed by atoms with Crippen LogP contribution in [0.5, 0.6) is 0 Å². The van der Waals surface area contributed by atoms with E-state index in [1.165, 1.54) is 23.9 Å². The Morgan fingerprint density at radius 2 is 1.65 bits per heavy atom. The van der Waals surface area contributed by atoms with Crippen LogP contribution in [-0.4, -0.2) is 47.8 Å². The Kier molecular flexibility index (Phi) is 6.58. The molecule has 0 radical (unpaired) electrons. The molecule has 0 aliphatic carbocycles. The number of halogens is 1. The molecule has 1 aliphatic rings. The van der Waals surface area contributed by atoms with E-state index in [9.17, 15) is 9.18 Å². The van der Waals surface area contributed by atoms with Crippen LogP contribution in [0.25, 0.3) is 10.8 Å². The predicted octanol–water partition coefficient (Wildman–Crippen LogP) is 4.83. The quantitative estimate of drug-likeness (QED) is 0.320. The van der Waals surface area contributed by atoms with Crippen molar-refractivity contribution in [2.45, 2.75) is 5.03 Å². The fourth-order valence-electron chi connectivity index (χ4n) is 4.09. The molecule has 172 valence electrons. The Balaban J connectivity index is 1.17. The Bertz CT molecular complexity index is 1290. The van der Waals surface area contributed by atoms with Crippen LogP contribution in [0, 0.1) is 5.82 Å². The molecule has 34 heavy (non-hydrogen) atoms. The fourth-order valence-corrected chi connectivity index (χ4v) is 4.75. The average molecular weight is 474 g/mol. The summed E-state index contributed by atoms with van der Waals surface area (Å²) in [7, 11) is 0. The van der Waals surface area contributed by atoms with Gasteiger partial charge >= 0.3 is 0 Å². The topological polar surface area (TPSA) is 61.4 Å². The summed E-state index contributed by atoms with van der Waals surface area (Å²) in [5.41, 5.74) is 1.84. The van der Waals surface area contributed by atoms with Gasteiger partial charge in [0, 0.05) is 49.0 Å². The molecule has 3 aromatic carbocycles. The van der Waals surface area contributed by atoms with Crippen LogP contribution in [0.3, 0.4) is 0 Å². The minimum absolute atomic E-state index is 0.0746. The Labute approximate surface area is 201 Å². The largest absolute Gasteiger partial charge is 0.368 e. The summed E-state index contributed by atoms with van der Waals surface area (Å²) >= 11 is 1.39. The highest BCUT2D eigenvalue weighted by atomic mass is 32.2. The summed E-state index contributed by atoms with van der Waals surface area (Å²) in [6.45, 7) is 3.26. The highest BCUT2D eigenvalue weighted by molar-refractivity contribution is 7.99. The van der Waals surface area contributed by atoms with Gasteiger partial charge in [-0.1, -0.05) is 48.2 Å². The van der Waals surface area contributed by atoms with Crippen LogP contribution in [0.1, 0.15) is 0 Å². The van der Waals surface area contributed by atoms with E-state index in [0.717, 1.165) is 59.2 Å². The molecule has 1 fully saturated rings. The number of rotatable bonds is 6. The van der Waals surface area contributed by atoms with Crippen molar-refractivity contribution < 1.29 is 9.18 Å². The maximum absolute atomic E-state index is 13.2. The number of carbonyl (C=O) groups is 1. The molecule has 1 N–H and O–H groups in total. The number of hydrogen-bond acceptors (Lipinski definition) is 6. The van der Waals surface area contributed by atoms with E-state index in [1.807, 2.05) is 60.7 Å². The number of piperazine rings is 1. The first kappa shape index (κ1) is 22.2.